The number of carbonyl (C=O) groups is 2. The van der Waals surface area contributed by atoms with Crippen LogP contribution in [0.15, 0.2) is 36.4 Å². The normalized spacial score (nSPS) is 13.2. The zero-order valence-electron chi connectivity index (χ0n) is 19.2. The van der Waals surface area contributed by atoms with Crippen LogP contribution in [-0.4, -0.2) is 33.6 Å². The summed E-state index contributed by atoms with van der Waals surface area (Å²) in [6.07, 6.45) is -9.96. The van der Waals surface area contributed by atoms with Crippen molar-refractivity contribution in [3.63, 3.8) is 0 Å². The van der Waals surface area contributed by atoms with Gasteiger partial charge in [-0.25, -0.2) is 4.98 Å². The number of nitrogens with zero attached hydrogens (tertiary/aromatic N) is 2. The third-order valence-corrected chi connectivity index (χ3v) is 5.47. The van der Waals surface area contributed by atoms with E-state index < -0.39 is 41.3 Å². The lowest BCUT2D eigenvalue weighted by Crippen LogP contribution is -2.39. The molecule has 6 nitrogen and oxygen atoms in total. The van der Waals surface area contributed by atoms with E-state index in [9.17, 15) is 35.9 Å². The van der Waals surface area contributed by atoms with E-state index >= 15 is 0 Å². The molecule has 2 N–H and O–H groups in total. The first-order valence-corrected chi connectivity index (χ1v) is 11.1. The summed E-state index contributed by atoms with van der Waals surface area (Å²) in [4.78, 5) is 29.5. The fraction of sp³-hybridized carbons (Fsp3) is 0.348. The number of halogens is 7. The second-order valence-electron chi connectivity index (χ2n) is 8.21. The van der Waals surface area contributed by atoms with Crippen molar-refractivity contribution < 1.29 is 35.9 Å². The van der Waals surface area contributed by atoms with E-state index in [1.807, 2.05) is 0 Å². The van der Waals surface area contributed by atoms with Crippen molar-refractivity contribution in [1.29, 1.82) is 0 Å². The van der Waals surface area contributed by atoms with E-state index in [1.165, 1.54) is 16.7 Å². The lowest BCUT2D eigenvalue weighted by atomic mass is 10.0. The third-order valence-electron chi connectivity index (χ3n) is 5.19. The lowest BCUT2D eigenvalue weighted by molar-refractivity contribution is -0.156. The van der Waals surface area contributed by atoms with Crippen LogP contribution < -0.4 is 10.6 Å². The van der Waals surface area contributed by atoms with Crippen LogP contribution in [0.4, 0.5) is 26.3 Å². The van der Waals surface area contributed by atoms with E-state index in [4.69, 9.17) is 11.6 Å². The molecule has 36 heavy (non-hydrogen) atoms. The molecule has 3 rings (SSSR count). The van der Waals surface area contributed by atoms with Gasteiger partial charge < -0.3 is 15.2 Å². The van der Waals surface area contributed by atoms with Gasteiger partial charge in [0, 0.05) is 18.0 Å². The number of alkyl halides is 6. The number of fused-ring (bicyclic) bond motifs is 1. The smallest absolute Gasteiger partial charge is 0.350 e. The molecule has 1 atom stereocenters. The van der Waals surface area contributed by atoms with Gasteiger partial charge in [0.2, 0.25) is 0 Å². The minimum absolute atomic E-state index is 0.00946. The lowest BCUT2D eigenvalue weighted by Gasteiger charge is -2.23. The average Bonchev–Trinajstić information content (AvgIpc) is 3.12. The molecule has 13 heteroatoms. The third kappa shape index (κ3) is 5.75. The van der Waals surface area contributed by atoms with Crippen molar-refractivity contribution >= 4 is 34.4 Å². The molecule has 0 bridgehead atoms. The number of benzene rings is 1. The molecule has 2 amide bonds. The minimum Gasteiger partial charge on any atom is -0.350 e. The Morgan fingerprint density at radius 3 is 2.25 bits per heavy atom. The molecular formula is C23H21ClF6N4O2. The minimum atomic E-state index is -5.09. The Hall–Kier alpha value is -3.28. The van der Waals surface area contributed by atoms with Crippen LogP contribution >= 0.6 is 11.6 Å². The van der Waals surface area contributed by atoms with Gasteiger partial charge in [-0.1, -0.05) is 23.7 Å². The molecule has 0 fully saturated rings. The number of amides is 2. The second-order valence-corrected chi connectivity index (χ2v) is 8.57. The summed E-state index contributed by atoms with van der Waals surface area (Å²) in [6, 6.07) is 2.35. The van der Waals surface area contributed by atoms with Crippen LogP contribution in [0.1, 0.15) is 58.8 Å². The Morgan fingerprint density at radius 2 is 1.69 bits per heavy atom. The molecule has 0 saturated carbocycles. The van der Waals surface area contributed by atoms with Crippen molar-refractivity contribution in [3.8, 4) is 0 Å². The summed E-state index contributed by atoms with van der Waals surface area (Å²) in [7, 11) is 0. The largest absolute Gasteiger partial charge is 0.416 e. The van der Waals surface area contributed by atoms with Gasteiger partial charge in [0.25, 0.3) is 11.8 Å². The highest BCUT2D eigenvalue weighted by atomic mass is 35.5. The van der Waals surface area contributed by atoms with Crippen LogP contribution in [0.5, 0.6) is 0 Å². The van der Waals surface area contributed by atoms with E-state index in [2.05, 4.69) is 10.3 Å². The Bertz CT molecular complexity index is 1300. The van der Waals surface area contributed by atoms with Crippen molar-refractivity contribution in [3.05, 3.63) is 63.9 Å². The van der Waals surface area contributed by atoms with Crippen LogP contribution in [0.25, 0.3) is 11.0 Å². The molecule has 0 aliphatic heterocycles. The van der Waals surface area contributed by atoms with Gasteiger partial charge in [-0.2, -0.15) is 26.3 Å². The summed E-state index contributed by atoms with van der Waals surface area (Å²) < 4.78 is 81.9. The molecule has 1 unspecified atom stereocenters. The van der Waals surface area contributed by atoms with Crippen LogP contribution in [0, 0.1) is 0 Å². The molecular weight excluding hydrogens is 514 g/mol. The van der Waals surface area contributed by atoms with Gasteiger partial charge in [0.05, 0.1) is 11.1 Å². The Balaban J connectivity index is 2.03. The highest BCUT2D eigenvalue weighted by Crippen LogP contribution is 2.36. The second kappa shape index (κ2) is 10.00. The predicted octanol–water partition coefficient (Wildman–Crippen LogP) is 5.90. The molecule has 0 aliphatic carbocycles. The van der Waals surface area contributed by atoms with Gasteiger partial charge >= 0.3 is 12.4 Å². The van der Waals surface area contributed by atoms with E-state index in [0.29, 0.717) is 12.1 Å². The monoisotopic (exact) mass is 534 g/mol. The maximum absolute atomic E-state index is 13.8. The van der Waals surface area contributed by atoms with Crippen LogP contribution in [-0.2, 0) is 12.7 Å². The zero-order chi connectivity index (χ0) is 27.0. The van der Waals surface area contributed by atoms with Gasteiger partial charge in [0.15, 0.2) is 6.04 Å². The number of aromatic nitrogens is 2. The maximum Gasteiger partial charge on any atom is 0.416 e. The maximum atomic E-state index is 13.8. The van der Waals surface area contributed by atoms with E-state index in [0.717, 1.165) is 12.1 Å². The number of aryl methyl sites for hydroxylation is 1. The molecule has 1 aromatic carbocycles. The molecule has 0 saturated heterocycles. The number of hydrogen-bond acceptors (Lipinski definition) is 3. The summed E-state index contributed by atoms with van der Waals surface area (Å²) in [5.74, 6) is -1.72. The van der Waals surface area contributed by atoms with Crippen LogP contribution in [0.3, 0.4) is 0 Å². The van der Waals surface area contributed by atoms with Crippen LogP contribution in [0.2, 0.25) is 5.15 Å². The van der Waals surface area contributed by atoms with E-state index in [-0.39, 0.29) is 40.0 Å². The first-order chi connectivity index (χ1) is 16.6. The number of carbonyl (C=O) groups excluding carboxylic acids is 2. The summed E-state index contributed by atoms with van der Waals surface area (Å²) >= 11 is 6.15. The first kappa shape index (κ1) is 27.3. The fourth-order valence-electron chi connectivity index (χ4n) is 3.62. The highest BCUT2D eigenvalue weighted by Gasteiger charge is 2.43. The molecule has 2 aromatic heterocycles. The molecule has 194 valence electrons. The molecule has 0 aliphatic rings. The Labute approximate surface area is 206 Å². The van der Waals surface area contributed by atoms with E-state index in [1.54, 1.807) is 26.1 Å². The van der Waals surface area contributed by atoms with Crippen molar-refractivity contribution in [2.45, 2.75) is 51.8 Å². The predicted molar refractivity (Wildman–Crippen MR) is 121 cm³/mol. The molecule has 3 aromatic rings. The summed E-state index contributed by atoms with van der Waals surface area (Å²) in [5.41, 5.74) is -2.14. The standard InChI is InChI=1S/C23H21ClF6N4O2/c1-4-34-16(10-13-9-15(18(24)33-19(13)34)20(35)31-11(2)3)21(36)32-17(23(28,29)30)12-6-5-7-14(8-12)22(25,26)27/h5-11,17H,4H2,1-3H3,(H,31,35)(H,32,36). The highest BCUT2D eigenvalue weighted by molar-refractivity contribution is 6.33. The molecule has 0 radical (unpaired) electrons. The quantitative estimate of drug-likeness (QED) is 0.305. The molecule has 0 spiro atoms. The topological polar surface area (TPSA) is 76.0 Å². The fourth-order valence-corrected chi connectivity index (χ4v) is 3.84. The Kier molecular flexibility index (Phi) is 7.58. The van der Waals surface area contributed by atoms with Crippen molar-refractivity contribution in [1.82, 2.24) is 20.2 Å². The number of rotatable bonds is 6. The van der Waals surface area contributed by atoms with Crippen molar-refractivity contribution in [2.24, 2.45) is 0 Å². The van der Waals surface area contributed by atoms with Gasteiger partial charge in [-0.05, 0) is 50.6 Å². The summed E-state index contributed by atoms with van der Waals surface area (Å²) in [5, 5.41) is 4.53. The molecule has 2 heterocycles. The Morgan fingerprint density at radius 1 is 1.03 bits per heavy atom. The van der Waals surface area contributed by atoms with Gasteiger partial charge in [-0.15, -0.1) is 0 Å². The van der Waals surface area contributed by atoms with Gasteiger partial charge in [-0.3, -0.25) is 9.59 Å². The number of pyridine rings is 1. The van der Waals surface area contributed by atoms with Gasteiger partial charge in [0.1, 0.15) is 16.5 Å². The average molecular weight is 535 g/mol. The number of nitrogens with one attached hydrogen (secondary N) is 2. The summed E-state index contributed by atoms with van der Waals surface area (Å²) in [6.45, 7) is 5.18. The van der Waals surface area contributed by atoms with Crippen molar-refractivity contribution in [2.75, 3.05) is 0 Å². The SMILES string of the molecule is CCn1c(C(=O)NC(c2cccc(C(F)(F)F)c2)C(F)(F)F)cc2cc(C(=O)NC(C)C)c(Cl)nc21. The first-order valence-electron chi connectivity index (χ1n) is 10.7. The number of hydrogen-bond donors (Lipinski definition) is 2. The zero-order valence-corrected chi connectivity index (χ0v) is 19.9.